The number of carbonyl (C=O) groups is 1. The smallest absolute Gasteiger partial charge is 0.246 e. The van der Waals surface area contributed by atoms with Crippen LogP contribution in [0.15, 0.2) is 42.5 Å². The van der Waals surface area contributed by atoms with Crippen LogP contribution in [0.5, 0.6) is 5.75 Å². The van der Waals surface area contributed by atoms with E-state index in [2.05, 4.69) is 0 Å². The lowest BCUT2D eigenvalue weighted by atomic mass is 10.1. The number of anilines is 1. The molecule has 28 heavy (non-hydrogen) atoms. The topological polar surface area (TPSA) is 66.9 Å². The third kappa shape index (κ3) is 5.04. The Morgan fingerprint density at radius 1 is 1.11 bits per heavy atom. The minimum Gasteiger partial charge on any atom is -0.496 e. The molecule has 1 amide bonds. The first-order valence-electron chi connectivity index (χ1n) is 8.99. The summed E-state index contributed by atoms with van der Waals surface area (Å²) < 4.78 is 31.6. The van der Waals surface area contributed by atoms with Crippen molar-refractivity contribution in [3.8, 4) is 5.75 Å². The van der Waals surface area contributed by atoms with Gasteiger partial charge in [-0.05, 0) is 50.1 Å². The van der Waals surface area contributed by atoms with Gasteiger partial charge in [0, 0.05) is 19.2 Å². The highest BCUT2D eigenvalue weighted by atomic mass is 32.2. The van der Waals surface area contributed by atoms with Crippen molar-refractivity contribution in [1.29, 1.82) is 0 Å². The number of hydrogen-bond acceptors (Lipinski definition) is 4. The van der Waals surface area contributed by atoms with Gasteiger partial charge in [-0.1, -0.05) is 24.3 Å². The van der Waals surface area contributed by atoms with Crippen molar-refractivity contribution in [2.75, 3.05) is 24.7 Å². The zero-order chi connectivity index (χ0) is 21.1. The molecule has 0 spiro atoms. The van der Waals surface area contributed by atoms with Crippen molar-refractivity contribution in [3.05, 3.63) is 59.2 Å². The quantitative estimate of drug-likeness (QED) is 0.711. The highest BCUT2D eigenvalue weighted by Gasteiger charge is 2.31. The molecule has 1 unspecified atom stereocenters. The summed E-state index contributed by atoms with van der Waals surface area (Å²) in [6.07, 6.45) is 1.12. The zero-order valence-electron chi connectivity index (χ0n) is 17.3. The van der Waals surface area contributed by atoms with Crippen LogP contribution in [0.4, 0.5) is 5.69 Å². The van der Waals surface area contributed by atoms with Crippen LogP contribution in [-0.2, 0) is 21.4 Å². The van der Waals surface area contributed by atoms with Gasteiger partial charge in [0.1, 0.15) is 11.8 Å². The van der Waals surface area contributed by atoms with Gasteiger partial charge in [-0.25, -0.2) is 8.42 Å². The van der Waals surface area contributed by atoms with E-state index in [0.29, 0.717) is 18.0 Å². The molecule has 0 aliphatic heterocycles. The van der Waals surface area contributed by atoms with E-state index in [0.717, 1.165) is 22.9 Å². The molecule has 2 aromatic rings. The lowest BCUT2D eigenvalue weighted by Crippen LogP contribution is -2.48. The molecule has 2 rings (SSSR count). The molecule has 2 aromatic carbocycles. The number of hydrogen-bond donors (Lipinski definition) is 0. The first kappa shape index (κ1) is 21.8. The summed E-state index contributed by atoms with van der Waals surface area (Å²) in [6.45, 7) is 5.73. The van der Waals surface area contributed by atoms with Crippen LogP contribution in [0.25, 0.3) is 0 Å². The number of para-hydroxylation sites is 1. The van der Waals surface area contributed by atoms with Crippen molar-refractivity contribution in [3.63, 3.8) is 0 Å². The van der Waals surface area contributed by atoms with E-state index >= 15 is 0 Å². The molecule has 0 heterocycles. The number of nitrogens with zero attached hydrogens (tertiary/aromatic N) is 2. The fourth-order valence-electron chi connectivity index (χ4n) is 3.37. The molecule has 0 saturated carbocycles. The average Bonchev–Trinajstić information content (AvgIpc) is 2.59. The van der Waals surface area contributed by atoms with Gasteiger partial charge in [-0.3, -0.25) is 9.10 Å². The predicted molar refractivity (Wildman–Crippen MR) is 112 cm³/mol. The van der Waals surface area contributed by atoms with Crippen molar-refractivity contribution in [2.45, 2.75) is 33.4 Å². The van der Waals surface area contributed by atoms with Crippen LogP contribution in [0.2, 0.25) is 0 Å². The third-order valence-corrected chi connectivity index (χ3v) is 5.75. The number of benzene rings is 2. The van der Waals surface area contributed by atoms with E-state index < -0.39 is 16.1 Å². The highest BCUT2D eigenvalue weighted by Crippen LogP contribution is 2.25. The first-order valence-corrected chi connectivity index (χ1v) is 10.8. The van der Waals surface area contributed by atoms with E-state index in [1.165, 1.54) is 9.21 Å². The SMILES string of the molecule is COc1ccccc1CN(C)C(=O)C(C)N(c1cc(C)cc(C)c1)S(C)(=O)=O. The third-order valence-electron chi connectivity index (χ3n) is 4.50. The maximum Gasteiger partial charge on any atom is 0.246 e. The number of amides is 1. The van der Waals surface area contributed by atoms with E-state index in [9.17, 15) is 13.2 Å². The van der Waals surface area contributed by atoms with Crippen LogP contribution < -0.4 is 9.04 Å². The standard InChI is InChI=1S/C21H28N2O4S/c1-15-11-16(2)13-19(12-15)23(28(6,25)26)17(3)21(24)22(4)14-18-9-7-8-10-20(18)27-5/h7-13,17H,14H2,1-6H3. The number of aryl methyl sites for hydroxylation is 2. The summed E-state index contributed by atoms with van der Waals surface area (Å²) in [7, 11) is -0.416. The van der Waals surface area contributed by atoms with E-state index in [-0.39, 0.29) is 5.91 Å². The Bertz CT molecular complexity index is 936. The largest absolute Gasteiger partial charge is 0.496 e. The Balaban J connectivity index is 2.33. The van der Waals surface area contributed by atoms with Gasteiger partial charge in [0.15, 0.2) is 0 Å². The number of rotatable bonds is 7. The Morgan fingerprint density at radius 2 is 1.68 bits per heavy atom. The molecule has 0 saturated heterocycles. The number of sulfonamides is 1. The molecule has 0 aliphatic rings. The molecule has 0 bridgehead atoms. The van der Waals surface area contributed by atoms with Crippen molar-refractivity contribution >= 4 is 21.6 Å². The second kappa shape index (κ2) is 8.65. The zero-order valence-corrected chi connectivity index (χ0v) is 18.1. The summed E-state index contributed by atoms with van der Waals surface area (Å²) in [5, 5.41) is 0. The van der Waals surface area contributed by atoms with Gasteiger partial charge < -0.3 is 9.64 Å². The minimum atomic E-state index is -3.65. The number of ether oxygens (including phenoxy) is 1. The van der Waals surface area contributed by atoms with Crippen molar-refractivity contribution in [2.24, 2.45) is 0 Å². The van der Waals surface area contributed by atoms with Gasteiger partial charge in [-0.15, -0.1) is 0 Å². The second-order valence-electron chi connectivity index (χ2n) is 7.09. The molecule has 1 atom stereocenters. The van der Waals surface area contributed by atoms with Gasteiger partial charge in [0.25, 0.3) is 0 Å². The highest BCUT2D eigenvalue weighted by molar-refractivity contribution is 7.92. The molecule has 0 N–H and O–H groups in total. The van der Waals surface area contributed by atoms with E-state index in [4.69, 9.17) is 4.74 Å². The number of likely N-dealkylation sites (N-methyl/N-ethyl adjacent to an activating group) is 1. The average molecular weight is 405 g/mol. The van der Waals surface area contributed by atoms with Gasteiger partial charge in [-0.2, -0.15) is 0 Å². The van der Waals surface area contributed by atoms with Crippen molar-refractivity contribution < 1.29 is 17.9 Å². The Morgan fingerprint density at radius 3 is 2.21 bits per heavy atom. The molecule has 0 aliphatic carbocycles. The summed E-state index contributed by atoms with van der Waals surface area (Å²) >= 11 is 0. The minimum absolute atomic E-state index is 0.296. The van der Waals surface area contributed by atoms with Crippen LogP contribution in [0.1, 0.15) is 23.6 Å². The summed E-state index contributed by atoms with van der Waals surface area (Å²) in [6, 6.07) is 12.1. The molecular weight excluding hydrogens is 376 g/mol. The van der Waals surface area contributed by atoms with Gasteiger partial charge in [0.2, 0.25) is 15.9 Å². The maximum absolute atomic E-state index is 13.1. The van der Waals surface area contributed by atoms with E-state index in [1.54, 1.807) is 33.2 Å². The van der Waals surface area contributed by atoms with Gasteiger partial charge >= 0.3 is 0 Å². The molecular formula is C21H28N2O4S. The maximum atomic E-state index is 13.1. The van der Waals surface area contributed by atoms with E-state index in [1.807, 2.05) is 44.2 Å². The van der Waals surface area contributed by atoms with Crippen LogP contribution >= 0.6 is 0 Å². The summed E-state index contributed by atoms with van der Waals surface area (Å²) in [5.74, 6) is 0.388. The number of methoxy groups -OCH3 is 1. The molecule has 0 fully saturated rings. The summed E-state index contributed by atoms with van der Waals surface area (Å²) in [4.78, 5) is 14.6. The molecule has 6 nitrogen and oxygen atoms in total. The Hall–Kier alpha value is -2.54. The molecule has 152 valence electrons. The Kier molecular flexibility index (Phi) is 6.72. The summed E-state index contributed by atoms with van der Waals surface area (Å²) in [5.41, 5.74) is 3.22. The second-order valence-corrected chi connectivity index (χ2v) is 8.95. The lowest BCUT2D eigenvalue weighted by Gasteiger charge is -2.31. The molecule has 7 heteroatoms. The Labute approximate surface area is 167 Å². The van der Waals surface area contributed by atoms with Crippen LogP contribution in [-0.4, -0.2) is 45.7 Å². The predicted octanol–water partition coefficient (Wildman–Crippen LogP) is 3.13. The van der Waals surface area contributed by atoms with Crippen molar-refractivity contribution in [1.82, 2.24) is 4.90 Å². The van der Waals surface area contributed by atoms with Crippen LogP contribution in [0, 0.1) is 13.8 Å². The fraction of sp³-hybridized carbons (Fsp3) is 0.381. The normalized spacial score (nSPS) is 12.4. The first-order chi connectivity index (χ1) is 13.0. The monoisotopic (exact) mass is 404 g/mol. The van der Waals surface area contributed by atoms with Gasteiger partial charge in [0.05, 0.1) is 19.1 Å². The lowest BCUT2D eigenvalue weighted by molar-refractivity contribution is -0.131. The number of carbonyl (C=O) groups excluding carboxylic acids is 1. The molecule has 0 radical (unpaired) electrons. The molecule has 0 aromatic heterocycles. The fourth-order valence-corrected chi connectivity index (χ4v) is 4.52. The van der Waals surface area contributed by atoms with Crippen LogP contribution in [0.3, 0.4) is 0 Å².